The van der Waals surface area contributed by atoms with Gasteiger partial charge in [0, 0.05) is 0 Å². The molecule has 1 aliphatic rings. The molecule has 0 spiro atoms. The molecule has 1 aliphatic carbocycles. The van der Waals surface area contributed by atoms with Crippen LogP contribution in [-0.4, -0.2) is 5.38 Å². The first-order valence-electron chi connectivity index (χ1n) is 3.00. The van der Waals surface area contributed by atoms with Crippen LogP contribution in [0, 0.1) is 5.92 Å². The number of halogens is 3. The minimum Gasteiger partial charge on any atom is -0.206 e. The second-order valence-electron chi connectivity index (χ2n) is 2.33. The molecule has 0 amide bonds. The van der Waals surface area contributed by atoms with Gasteiger partial charge in [-0.15, -0.1) is 11.6 Å². The fourth-order valence-corrected chi connectivity index (χ4v) is 1.22. The van der Waals surface area contributed by atoms with E-state index in [2.05, 4.69) is 0 Å². The second-order valence-corrected chi connectivity index (χ2v) is 3.24. The van der Waals surface area contributed by atoms with Crippen molar-refractivity contribution in [1.29, 1.82) is 0 Å². The standard InChI is InChI=1S/C7H7Cl2F/c1-4-2-6(9)7(10)3-5(4)8/h2-5H,1H3. The molecule has 0 radical (unpaired) electrons. The van der Waals surface area contributed by atoms with Crippen LogP contribution in [0.3, 0.4) is 0 Å². The predicted molar refractivity (Wildman–Crippen MR) is 41.9 cm³/mol. The van der Waals surface area contributed by atoms with Crippen molar-refractivity contribution in [2.45, 2.75) is 12.3 Å². The first-order valence-corrected chi connectivity index (χ1v) is 3.82. The highest BCUT2D eigenvalue weighted by atomic mass is 35.5. The lowest BCUT2D eigenvalue weighted by atomic mass is 10.0. The van der Waals surface area contributed by atoms with Gasteiger partial charge in [-0.3, -0.25) is 0 Å². The summed E-state index contributed by atoms with van der Waals surface area (Å²) in [5.41, 5.74) is 0. The molecule has 0 fully saturated rings. The van der Waals surface area contributed by atoms with Crippen molar-refractivity contribution >= 4 is 23.2 Å². The molecule has 0 aromatic heterocycles. The maximum atomic E-state index is 12.6. The van der Waals surface area contributed by atoms with Gasteiger partial charge in [0.1, 0.15) is 5.83 Å². The van der Waals surface area contributed by atoms with Gasteiger partial charge in [0.15, 0.2) is 0 Å². The van der Waals surface area contributed by atoms with E-state index in [9.17, 15) is 4.39 Å². The highest BCUT2D eigenvalue weighted by Gasteiger charge is 2.18. The Morgan fingerprint density at radius 1 is 1.50 bits per heavy atom. The van der Waals surface area contributed by atoms with Crippen molar-refractivity contribution in [3.8, 4) is 0 Å². The van der Waals surface area contributed by atoms with Crippen molar-refractivity contribution in [2.24, 2.45) is 5.92 Å². The topological polar surface area (TPSA) is 0 Å². The van der Waals surface area contributed by atoms with Crippen LogP contribution in [0.15, 0.2) is 23.0 Å². The SMILES string of the molecule is CC1C=C(Cl)C(F)=CC1Cl. The lowest BCUT2D eigenvalue weighted by molar-refractivity contribution is 0.622. The quantitative estimate of drug-likeness (QED) is 0.503. The van der Waals surface area contributed by atoms with Gasteiger partial charge in [-0.25, -0.2) is 4.39 Å². The summed E-state index contributed by atoms with van der Waals surface area (Å²) in [6, 6.07) is 0. The second kappa shape index (κ2) is 2.93. The minimum atomic E-state index is -0.417. The van der Waals surface area contributed by atoms with E-state index >= 15 is 0 Å². The third-order valence-electron chi connectivity index (χ3n) is 1.45. The van der Waals surface area contributed by atoms with Crippen LogP contribution < -0.4 is 0 Å². The summed E-state index contributed by atoms with van der Waals surface area (Å²) < 4.78 is 12.6. The molecule has 56 valence electrons. The van der Waals surface area contributed by atoms with E-state index in [4.69, 9.17) is 23.2 Å². The van der Waals surface area contributed by atoms with Crippen LogP contribution >= 0.6 is 23.2 Å². The van der Waals surface area contributed by atoms with Gasteiger partial charge < -0.3 is 0 Å². The molecule has 0 bridgehead atoms. The summed E-state index contributed by atoms with van der Waals surface area (Å²) in [4.78, 5) is 0. The lowest BCUT2D eigenvalue weighted by Crippen LogP contribution is -2.10. The van der Waals surface area contributed by atoms with Crippen molar-refractivity contribution in [2.75, 3.05) is 0 Å². The van der Waals surface area contributed by atoms with E-state index in [1.54, 1.807) is 6.08 Å². The van der Waals surface area contributed by atoms with Crippen LogP contribution in [-0.2, 0) is 0 Å². The smallest absolute Gasteiger partial charge is 0.138 e. The average Bonchev–Trinajstić information content (AvgIpc) is 1.84. The van der Waals surface area contributed by atoms with Gasteiger partial charge in [-0.1, -0.05) is 24.6 Å². The molecule has 1 rings (SSSR count). The van der Waals surface area contributed by atoms with Crippen molar-refractivity contribution < 1.29 is 4.39 Å². The molecule has 0 aromatic carbocycles. The highest BCUT2D eigenvalue weighted by molar-refractivity contribution is 6.32. The Labute approximate surface area is 69.3 Å². The fourth-order valence-electron chi connectivity index (χ4n) is 0.774. The van der Waals surface area contributed by atoms with E-state index in [0.29, 0.717) is 0 Å². The summed E-state index contributed by atoms with van der Waals surface area (Å²) in [5, 5.41) is -0.0908. The zero-order valence-corrected chi connectivity index (χ0v) is 6.96. The van der Waals surface area contributed by atoms with E-state index < -0.39 is 5.83 Å². The molecule has 0 aromatic rings. The molecule has 0 heterocycles. The van der Waals surface area contributed by atoms with Crippen molar-refractivity contribution in [3.05, 3.63) is 23.0 Å². The molecular formula is C7H7Cl2F. The maximum Gasteiger partial charge on any atom is 0.138 e. The summed E-state index contributed by atoms with van der Waals surface area (Å²) >= 11 is 11.2. The monoisotopic (exact) mass is 180 g/mol. The molecule has 0 N–H and O–H groups in total. The molecule has 10 heavy (non-hydrogen) atoms. The summed E-state index contributed by atoms with van der Waals surface area (Å²) in [5.74, 6) is -0.298. The average molecular weight is 181 g/mol. The van der Waals surface area contributed by atoms with Gasteiger partial charge in [-0.05, 0) is 12.0 Å². The van der Waals surface area contributed by atoms with E-state index in [1.807, 2.05) is 6.92 Å². The highest BCUT2D eigenvalue weighted by Crippen LogP contribution is 2.29. The van der Waals surface area contributed by atoms with E-state index in [0.717, 1.165) is 0 Å². The van der Waals surface area contributed by atoms with Crippen LogP contribution in [0.25, 0.3) is 0 Å². The zero-order chi connectivity index (χ0) is 7.72. The Hall–Kier alpha value is -0.0100. The molecule has 0 saturated carbocycles. The summed E-state index contributed by atoms with van der Waals surface area (Å²) in [6.07, 6.45) is 2.95. The van der Waals surface area contributed by atoms with E-state index in [-0.39, 0.29) is 16.3 Å². The number of allylic oxidation sites excluding steroid dienone is 4. The Bertz CT molecular complexity index is 174. The number of hydrogen-bond acceptors (Lipinski definition) is 0. The van der Waals surface area contributed by atoms with Crippen LogP contribution in [0.1, 0.15) is 6.92 Å². The molecule has 3 heteroatoms. The number of rotatable bonds is 0. The Balaban J connectivity index is 2.83. The van der Waals surface area contributed by atoms with Crippen molar-refractivity contribution in [1.82, 2.24) is 0 Å². The van der Waals surface area contributed by atoms with Gasteiger partial charge in [0.2, 0.25) is 0 Å². The maximum absolute atomic E-state index is 12.6. The number of hydrogen-bond donors (Lipinski definition) is 0. The van der Waals surface area contributed by atoms with Crippen LogP contribution in [0.2, 0.25) is 0 Å². The molecule has 0 nitrogen and oxygen atoms in total. The molecule has 2 unspecified atom stereocenters. The first kappa shape index (κ1) is 8.09. The normalized spacial score (nSPS) is 33.2. The largest absolute Gasteiger partial charge is 0.206 e. The lowest BCUT2D eigenvalue weighted by Gasteiger charge is -2.15. The molecule has 0 saturated heterocycles. The Kier molecular flexibility index (Phi) is 2.37. The summed E-state index contributed by atoms with van der Waals surface area (Å²) in [6.45, 7) is 1.89. The third kappa shape index (κ3) is 1.53. The first-order chi connectivity index (χ1) is 4.61. The third-order valence-corrected chi connectivity index (χ3v) is 2.28. The van der Waals surface area contributed by atoms with Gasteiger partial charge in [0.05, 0.1) is 10.4 Å². The Morgan fingerprint density at radius 3 is 2.60 bits per heavy atom. The molecule has 0 aliphatic heterocycles. The predicted octanol–water partition coefficient (Wildman–Crippen LogP) is 3.22. The zero-order valence-electron chi connectivity index (χ0n) is 5.44. The van der Waals surface area contributed by atoms with Crippen LogP contribution in [0.4, 0.5) is 4.39 Å². The fraction of sp³-hybridized carbons (Fsp3) is 0.429. The Morgan fingerprint density at radius 2 is 2.10 bits per heavy atom. The van der Waals surface area contributed by atoms with Crippen LogP contribution in [0.5, 0.6) is 0 Å². The van der Waals surface area contributed by atoms with Gasteiger partial charge >= 0.3 is 0 Å². The summed E-state index contributed by atoms with van der Waals surface area (Å²) in [7, 11) is 0. The number of alkyl halides is 1. The van der Waals surface area contributed by atoms with E-state index in [1.165, 1.54) is 6.08 Å². The minimum absolute atomic E-state index is 0.119. The van der Waals surface area contributed by atoms with Gasteiger partial charge in [0.25, 0.3) is 0 Å². The van der Waals surface area contributed by atoms with Crippen molar-refractivity contribution in [3.63, 3.8) is 0 Å². The van der Waals surface area contributed by atoms with Gasteiger partial charge in [-0.2, -0.15) is 0 Å². The molecule has 2 atom stereocenters. The molecular weight excluding hydrogens is 174 g/mol.